The topological polar surface area (TPSA) is 41.1 Å². The Hall–Kier alpha value is -1.46. The molecule has 1 N–H and O–H groups in total. The summed E-state index contributed by atoms with van der Waals surface area (Å²) in [6, 6.07) is 11.3. The molecule has 0 radical (unpaired) electrons. The van der Waals surface area contributed by atoms with Crippen molar-refractivity contribution >= 4 is 16.7 Å². The molecule has 4 rings (SSSR count). The third-order valence-corrected chi connectivity index (χ3v) is 5.28. The lowest BCUT2D eigenvalue weighted by atomic mass is 10.1. The fourth-order valence-corrected chi connectivity index (χ4v) is 3.84. The van der Waals surface area contributed by atoms with Gasteiger partial charge in [0.05, 0.1) is 6.04 Å². The van der Waals surface area contributed by atoms with Gasteiger partial charge in [-0.05, 0) is 44.3 Å². The number of benzene rings is 1. The largest absolute Gasteiger partial charge is 0.358 e. The predicted octanol–water partition coefficient (Wildman–Crippen LogP) is 3.66. The molecule has 1 aromatic heterocycles. The first-order valence-corrected chi connectivity index (χ1v) is 9.04. The second-order valence-corrected chi connectivity index (χ2v) is 7.03. The average Bonchev–Trinajstić information content (AvgIpc) is 3.08. The first-order chi connectivity index (χ1) is 10.9. The summed E-state index contributed by atoms with van der Waals surface area (Å²) < 4.78 is 4.48. The summed E-state index contributed by atoms with van der Waals surface area (Å²) in [5.74, 6) is 1.68. The first-order valence-electron chi connectivity index (χ1n) is 8.26. The maximum atomic E-state index is 4.64. The number of hydrogen-bond acceptors (Lipinski definition) is 5. The van der Waals surface area contributed by atoms with Gasteiger partial charge in [0.15, 0.2) is 0 Å². The maximum absolute atomic E-state index is 4.64. The van der Waals surface area contributed by atoms with Gasteiger partial charge in [0.2, 0.25) is 5.13 Å². The Kier molecular flexibility index (Phi) is 4.08. The van der Waals surface area contributed by atoms with Crippen LogP contribution in [-0.2, 0) is 0 Å². The number of hydrogen-bond donors (Lipinski definition) is 1. The van der Waals surface area contributed by atoms with Crippen molar-refractivity contribution in [3.05, 3.63) is 41.7 Å². The molecule has 0 bridgehead atoms. The highest BCUT2D eigenvalue weighted by Gasteiger charge is 2.28. The van der Waals surface area contributed by atoms with Crippen molar-refractivity contribution in [1.82, 2.24) is 14.3 Å². The monoisotopic (exact) mass is 314 g/mol. The van der Waals surface area contributed by atoms with Gasteiger partial charge in [0, 0.05) is 24.0 Å². The van der Waals surface area contributed by atoms with Gasteiger partial charge in [-0.3, -0.25) is 4.90 Å². The molecule has 2 aliphatic rings. The predicted molar refractivity (Wildman–Crippen MR) is 90.4 cm³/mol. The van der Waals surface area contributed by atoms with Crippen LogP contribution in [0.3, 0.4) is 0 Å². The van der Waals surface area contributed by atoms with E-state index < -0.39 is 0 Å². The molecular weight excluding hydrogens is 292 g/mol. The number of aromatic nitrogens is 2. The van der Waals surface area contributed by atoms with Crippen LogP contribution in [0.1, 0.15) is 49.0 Å². The van der Waals surface area contributed by atoms with Crippen LogP contribution in [0.5, 0.6) is 0 Å². The normalized spacial score (nSPS) is 20.2. The third kappa shape index (κ3) is 3.15. The molecule has 1 unspecified atom stereocenters. The van der Waals surface area contributed by atoms with Crippen LogP contribution in [0.25, 0.3) is 0 Å². The van der Waals surface area contributed by atoms with Crippen LogP contribution in [-0.4, -0.2) is 33.9 Å². The number of nitrogens with one attached hydrogen (secondary N) is 1. The standard InChI is InChI=1S/C17H22N4S/c1-2-6-13(7-3-1)15(21-10-4-5-11-21)12-18-17-19-16(20-22-17)14-8-9-14/h1-3,6-7,14-15H,4-5,8-12H2,(H,18,19,20). The van der Waals surface area contributed by atoms with Crippen LogP contribution >= 0.6 is 11.5 Å². The maximum Gasteiger partial charge on any atom is 0.202 e. The van der Waals surface area contributed by atoms with Crippen molar-refractivity contribution in [2.45, 2.75) is 37.6 Å². The lowest BCUT2D eigenvalue weighted by molar-refractivity contribution is 0.256. The molecule has 2 fully saturated rings. The number of likely N-dealkylation sites (tertiary alicyclic amines) is 1. The molecule has 4 nitrogen and oxygen atoms in total. The molecule has 1 saturated heterocycles. The van der Waals surface area contributed by atoms with Crippen molar-refractivity contribution in [2.75, 3.05) is 25.0 Å². The number of anilines is 1. The molecule has 0 amide bonds. The van der Waals surface area contributed by atoms with Gasteiger partial charge < -0.3 is 5.32 Å². The molecule has 1 aliphatic carbocycles. The van der Waals surface area contributed by atoms with E-state index in [-0.39, 0.29) is 0 Å². The Labute approximate surface area is 135 Å². The summed E-state index contributed by atoms with van der Waals surface area (Å²) in [4.78, 5) is 7.23. The van der Waals surface area contributed by atoms with E-state index in [4.69, 9.17) is 0 Å². The van der Waals surface area contributed by atoms with Crippen molar-refractivity contribution in [1.29, 1.82) is 0 Å². The zero-order valence-corrected chi connectivity index (χ0v) is 13.6. The van der Waals surface area contributed by atoms with E-state index in [9.17, 15) is 0 Å². The van der Waals surface area contributed by atoms with Crippen LogP contribution in [0, 0.1) is 0 Å². The lowest BCUT2D eigenvalue weighted by Gasteiger charge is -2.28. The van der Waals surface area contributed by atoms with Crippen molar-refractivity contribution in [2.24, 2.45) is 0 Å². The van der Waals surface area contributed by atoms with Gasteiger partial charge in [-0.25, -0.2) is 4.98 Å². The third-order valence-electron chi connectivity index (χ3n) is 4.60. The smallest absolute Gasteiger partial charge is 0.202 e. The zero-order valence-electron chi connectivity index (χ0n) is 12.7. The van der Waals surface area contributed by atoms with E-state index in [1.165, 1.54) is 55.9 Å². The van der Waals surface area contributed by atoms with Crippen LogP contribution < -0.4 is 5.32 Å². The molecule has 1 aromatic carbocycles. The van der Waals surface area contributed by atoms with Crippen molar-refractivity contribution in [3.63, 3.8) is 0 Å². The van der Waals surface area contributed by atoms with E-state index in [0.717, 1.165) is 17.5 Å². The van der Waals surface area contributed by atoms with Gasteiger partial charge in [0.25, 0.3) is 0 Å². The Morgan fingerprint density at radius 1 is 1.18 bits per heavy atom. The van der Waals surface area contributed by atoms with Crippen molar-refractivity contribution < 1.29 is 0 Å². The summed E-state index contributed by atoms with van der Waals surface area (Å²) in [7, 11) is 0. The van der Waals surface area contributed by atoms with Gasteiger partial charge in [-0.1, -0.05) is 30.3 Å². The molecule has 1 saturated carbocycles. The van der Waals surface area contributed by atoms with E-state index in [1.807, 2.05) is 0 Å². The number of nitrogens with zero attached hydrogens (tertiary/aromatic N) is 3. The number of rotatable bonds is 6. The fraction of sp³-hybridized carbons (Fsp3) is 0.529. The molecule has 5 heteroatoms. The molecule has 2 heterocycles. The molecule has 1 atom stereocenters. The van der Waals surface area contributed by atoms with Crippen LogP contribution in [0.15, 0.2) is 30.3 Å². The summed E-state index contributed by atoms with van der Waals surface area (Å²) in [6.45, 7) is 3.30. The van der Waals surface area contributed by atoms with Gasteiger partial charge in [-0.15, -0.1) is 0 Å². The summed E-state index contributed by atoms with van der Waals surface area (Å²) in [5, 5.41) is 4.50. The average molecular weight is 314 g/mol. The minimum atomic E-state index is 0.428. The quantitative estimate of drug-likeness (QED) is 0.883. The van der Waals surface area contributed by atoms with E-state index >= 15 is 0 Å². The molecule has 0 spiro atoms. The minimum Gasteiger partial charge on any atom is -0.358 e. The highest BCUT2D eigenvalue weighted by Crippen LogP contribution is 2.39. The molecular formula is C17H22N4S. The van der Waals surface area contributed by atoms with Crippen molar-refractivity contribution in [3.8, 4) is 0 Å². The Balaban J connectivity index is 1.45. The molecule has 116 valence electrons. The summed E-state index contributed by atoms with van der Waals surface area (Å²) >= 11 is 1.51. The lowest BCUT2D eigenvalue weighted by Crippen LogP contribution is -2.31. The molecule has 22 heavy (non-hydrogen) atoms. The molecule has 1 aliphatic heterocycles. The fourth-order valence-electron chi connectivity index (χ4n) is 3.18. The van der Waals surface area contributed by atoms with Gasteiger partial charge in [-0.2, -0.15) is 4.37 Å². The first kappa shape index (κ1) is 14.2. The van der Waals surface area contributed by atoms with Crippen LogP contribution in [0.2, 0.25) is 0 Å². The SMILES string of the molecule is c1ccc(C(CNc2nc(C3CC3)ns2)N2CCCC2)cc1. The minimum absolute atomic E-state index is 0.428. The Morgan fingerprint density at radius 2 is 1.95 bits per heavy atom. The van der Waals surface area contributed by atoms with Gasteiger partial charge >= 0.3 is 0 Å². The van der Waals surface area contributed by atoms with E-state index in [2.05, 4.69) is 49.9 Å². The zero-order chi connectivity index (χ0) is 14.8. The highest BCUT2D eigenvalue weighted by molar-refractivity contribution is 7.09. The van der Waals surface area contributed by atoms with E-state index in [1.54, 1.807) is 0 Å². The Bertz CT molecular complexity index is 602. The highest BCUT2D eigenvalue weighted by atomic mass is 32.1. The van der Waals surface area contributed by atoms with Crippen LogP contribution in [0.4, 0.5) is 5.13 Å². The second-order valence-electron chi connectivity index (χ2n) is 6.28. The van der Waals surface area contributed by atoms with E-state index in [0.29, 0.717) is 12.0 Å². The Morgan fingerprint density at radius 3 is 2.68 bits per heavy atom. The molecule has 2 aromatic rings. The summed E-state index contributed by atoms with van der Waals surface area (Å²) in [6.07, 6.45) is 5.15. The second kappa shape index (κ2) is 6.34. The van der Waals surface area contributed by atoms with Gasteiger partial charge in [0.1, 0.15) is 5.82 Å². The summed E-state index contributed by atoms with van der Waals surface area (Å²) in [5.41, 5.74) is 1.39.